The highest BCUT2D eigenvalue weighted by molar-refractivity contribution is 5.79. The minimum Gasteiger partial charge on any atom is -0.329 e. The van der Waals surface area contributed by atoms with Crippen molar-refractivity contribution >= 4 is 5.91 Å². The van der Waals surface area contributed by atoms with Crippen LogP contribution in [0.2, 0.25) is 0 Å². The van der Waals surface area contributed by atoms with Crippen molar-refractivity contribution in [1.29, 1.82) is 0 Å². The van der Waals surface area contributed by atoms with Crippen LogP contribution in [0.15, 0.2) is 0 Å². The molecule has 4 heteroatoms. The van der Waals surface area contributed by atoms with E-state index in [1.807, 2.05) is 7.05 Å². The molecule has 0 radical (unpaired) electrons. The third-order valence-electron chi connectivity index (χ3n) is 3.44. The van der Waals surface area contributed by atoms with Gasteiger partial charge >= 0.3 is 0 Å². The number of amides is 1. The standard InChI is InChI=1S/C9H17N3O/c1-11-9(3-2-4-9)7-8(13)12(11)6-5-10/h2-7,10H2,1H3. The van der Waals surface area contributed by atoms with Crippen LogP contribution >= 0.6 is 0 Å². The first-order valence-electron chi connectivity index (χ1n) is 4.94. The number of nitrogens with zero attached hydrogens (tertiary/aromatic N) is 2. The number of rotatable bonds is 2. The zero-order valence-corrected chi connectivity index (χ0v) is 8.12. The van der Waals surface area contributed by atoms with E-state index in [2.05, 4.69) is 5.01 Å². The summed E-state index contributed by atoms with van der Waals surface area (Å²) >= 11 is 0. The molecule has 1 aliphatic heterocycles. The molecule has 13 heavy (non-hydrogen) atoms. The topological polar surface area (TPSA) is 49.6 Å². The summed E-state index contributed by atoms with van der Waals surface area (Å²) in [5.41, 5.74) is 5.63. The van der Waals surface area contributed by atoms with Gasteiger partial charge in [-0.15, -0.1) is 0 Å². The second-order valence-corrected chi connectivity index (χ2v) is 4.08. The lowest BCUT2D eigenvalue weighted by Crippen LogP contribution is -2.52. The van der Waals surface area contributed by atoms with E-state index in [4.69, 9.17) is 5.73 Å². The second-order valence-electron chi connectivity index (χ2n) is 4.08. The molecule has 0 unspecified atom stereocenters. The maximum Gasteiger partial charge on any atom is 0.238 e. The van der Waals surface area contributed by atoms with E-state index in [9.17, 15) is 4.79 Å². The highest BCUT2D eigenvalue weighted by atomic mass is 16.2. The Morgan fingerprint density at radius 2 is 2.23 bits per heavy atom. The number of hydrazine groups is 1. The van der Waals surface area contributed by atoms with Crippen molar-refractivity contribution in [2.75, 3.05) is 20.1 Å². The van der Waals surface area contributed by atoms with Crippen LogP contribution in [0.1, 0.15) is 25.7 Å². The van der Waals surface area contributed by atoms with Gasteiger partial charge in [-0.2, -0.15) is 0 Å². The third kappa shape index (κ3) is 1.16. The quantitative estimate of drug-likeness (QED) is 0.653. The van der Waals surface area contributed by atoms with Gasteiger partial charge in [0.1, 0.15) is 0 Å². The van der Waals surface area contributed by atoms with Crippen LogP contribution in [0.4, 0.5) is 0 Å². The normalized spacial score (nSPS) is 26.9. The zero-order valence-electron chi connectivity index (χ0n) is 8.12. The Hall–Kier alpha value is -0.610. The third-order valence-corrected chi connectivity index (χ3v) is 3.44. The van der Waals surface area contributed by atoms with Gasteiger partial charge < -0.3 is 5.73 Å². The fraction of sp³-hybridized carbons (Fsp3) is 0.889. The van der Waals surface area contributed by atoms with Gasteiger partial charge in [0.2, 0.25) is 5.91 Å². The number of hydrogen-bond acceptors (Lipinski definition) is 3. The maximum absolute atomic E-state index is 11.6. The van der Waals surface area contributed by atoms with E-state index >= 15 is 0 Å². The highest BCUT2D eigenvalue weighted by Gasteiger charge is 2.51. The Morgan fingerprint density at radius 3 is 2.62 bits per heavy atom. The summed E-state index contributed by atoms with van der Waals surface area (Å²) in [5.74, 6) is 0.243. The zero-order chi connectivity index (χ0) is 9.47. The van der Waals surface area contributed by atoms with E-state index in [0.717, 1.165) is 12.8 Å². The maximum atomic E-state index is 11.6. The number of carbonyl (C=O) groups is 1. The lowest BCUT2D eigenvalue weighted by atomic mass is 9.75. The predicted octanol–water partition coefficient (Wildman–Crippen LogP) is -0.0531. The monoisotopic (exact) mass is 183 g/mol. The summed E-state index contributed by atoms with van der Waals surface area (Å²) in [6, 6.07) is 0. The molecule has 0 aromatic carbocycles. The highest BCUT2D eigenvalue weighted by Crippen LogP contribution is 2.44. The van der Waals surface area contributed by atoms with Crippen molar-refractivity contribution in [2.45, 2.75) is 31.2 Å². The molecule has 1 saturated carbocycles. The molecule has 1 heterocycles. The molecule has 0 atom stereocenters. The van der Waals surface area contributed by atoms with Crippen molar-refractivity contribution in [1.82, 2.24) is 10.0 Å². The second kappa shape index (κ2) is 2.96. The fourth-order valence-corrected chi connectivity index (χ4v) is 2.39. The molecule has 1 spiro atoms. The summed E-state index contributed by atoms with van der Waals surface area (Å²) in [6.45, 7) is 1.21. The van der Waals surface area contributed by atoms with E-state index in [-0.39, 0.29) is 11.4 Å². The lowest BCUT2D eigenvalue weighted by Gasteiger charge is -2.44. The van der Waals surface area contributed by atoms with Crippen LogP contribution in [-0.4, -0.2) is 41.6 Å². The smallest absolute Gasteiger partial charge is 0.238 e. The fourth-order valence-electron chi connectivity index (χ4n) is 2.39. The van der Waals surface area contributed by atoms with E-state index < -0.39 is 0 Å². The summed E-state index contributed by atoms with van der Waals surface area (Å²) in [7, 11) is 2.01. The van der Waals surface area contributed by atoms with Crippen molar-refractivity contribution in [2.24, 2.45) is 5.73 Å². The summed E-state index contributed by atoms with van der Waals surface area (Å²) in [6.07, 6.45) is 4.28. The van der Waals surface area contributed by atoms with Crippen LogP contribution in [-0.2, 0) is 4.79 Å². The van der Waals surface area contributed by atoms with Gasteiger partial charge in [-0.3, -0.25) is 9.80 Å². The molecular weight excluding hydrogens is 166 g/mol. The van der Waals surface area contributed by atoms with Crippen molar-refractivity contribution in [3.8, 4) is 0 Å². The largest absolute Gasteiger partial charge is 0.329 e. The molecule has 1 saturated heterocycles. The molecule has 0 aromatic heterocycles. The first-order chi connectivity index (χ1) is 6.19. The van der Waals surface area contributed by atoms with Crippen LogP contribution < -0.4 is 5.73 Å². The van der Waals surface area contributed by atoms with Gasteiger partial charge in [0, 0.05) is 32.1 Å². The SMILES string of the molecule is CN1N(CCN)C(=O)CC12CCC2. The predicted molar refractivity (Wildman–Crippen MR) is 49.7 cm³/mol. The number of nitrogens with two attached hydrogens (primary N) is 1. The Balaban J connectivity index is 2.09. The van der Waals surface area contributed by atoms with Gasteiger partial charge in [0.05, 0.1) is 0 Å². The molecule has 0 bridgehead atoms. The minimum absolute atomic E-state index is 0.173. The Morgan fingerprint density at radius 1 is 1.54 bits per heavy atom. The molecule has 1 amide bonds. The molecule has 74 valence electrons. The molecule has 0 aromatic rings. The molecule has 2 aliphatic rings. The molecule has 1 aliphatic carbocycles. The van der Waals surface area contributed by atoms with Crippen molar-refractivity contribution in [3.05, 3.63) is 0 Å². The van der Waals surface area contributed by atoms with Gasteiger partial charge in [-0.05, 0) is 19.3 Å². The number of carbonyl (C=O) groups excluding carboxylic acids is 1. The lowest BCUT2D eigenvalue weighted by molar-refractivity contribution is -0.139. The Kier molecular flexibility index (Phi) is 2.04. The van der Waals surface area contributed by atoms with E-state index in [1.54, 1.807) is 5.01 Å². The molecular formula is C9H17N3O. The first-order valence-corrected chi connectivity index (χ1v) is 4.94. The molecule has 2 fully saturated rings. The van der Waals surface area contributed by atoms with Gasteiger partial charge in [0.25, 0.3) is 0 Å². The summed E-state index contributed by atoms with van der Waals surface area (Å²) in [4.78, 5) is 11.6. The van der Waals surface area contributed by atoms with E-state index in [0.29, 0.717) is 19.5 Å². The van der Waals surface area contributed by atoms with Crippen molar-refractivity contribution in [3.63, 3.8) is 0 Å². The van der Waals surface area contributed by atoms with E-state index in [1.165, 1.54) is 6.42 Å². The van der Waals surface area contributed by atoms with Gasteiger partial charge in [-0.1, -0.05) is 0 Å². The van der Waals surface area contributed by atoms with Crippen LogP contribution in [0.3, 0.4) is 0 Å². The van der Waals surface area contributed by atoms with Gasteiger partial charge in [-0.25, -0.2) is 5.01 Å². The summed E-state index contributed by atoms with van der Waals surface area (Å²) < 4.78 is 0. The summed E-state index contributed by atoms with van der Waals surface area (Å²) in [5, 5.41) is 3.92. The van der Waals surface area contributed by atoms with Crippen molar-refractivity contribution < 1.29 is 4.79 Å². The molecule has 2 rings (SSSR count). The van der Waals surface area contributed by atoms with Gasteiger partial charge in [0.15, 0.2) is 0 Å². The Labute approximate surface area is 78.6 Å². The number of hydrogen-bond donors (Lipinski definition) is 1. The molecule has 4 nitrogen and oxygen atoms in total. The van der Waals surface area contributed by atoms with Crippen LogP contribution in [0.25, 0.3) is 0 Å². The first kappa shape index (κ1) is 8.97. The van der Waals surface area contributed by atoms with Crippen LogP contribution in [0, 0.1) is 0 Å². The average molecular weight is 183 g/mol. The van der Waals surface area contributed by atoms with Crippen LogP contribution in [0.5, 0.6) is 0 Å². The Bertz CT molecular complexity index is 225. The molecule has 2 N–H and O–H groups in total. The average Bonchev–Trinajstić information content (AvgIpc) is 2.28. The minimum atomic E-state index is 0.173.